The van der Waals surface area contributed by atoms with Gasteiger partial charge in [0, 0.05) is 12.2 Å². The van der Waals surface area contributed by atoms with E-state index >= 15 is 0 Å². The van der Waals surface area contributed by atoms with Gasteiger partial charge in [0.05, 0.1) is 11.3 Å². The molecule has 1 fully saturated rings. The maximum Gasteiger partial charge on any atom is 0.150 e. The minimum Gasteiger partial charge on any atom is -0.229 e. The van der Waals surface area contributed by atoms with Crippen LogP contribution in [0.4, 0.5) is 0 Å². The number of hydrogen-bond acceptors (Lipinski definition) is 3. The van der Waals surface area contributed by atoms with Gasteiger partial charge in [-0.1, -0.05) is 0 Å². The van der Waals surface area contributed by atoms with Crippen LogP contribution in [0.25, 0.3) is 0 Å². The highest BCUT2D eigenvalue weighted by molar-refractivity contribution is 7.91. The largest absolute Gasteiger partial charge is 0.229 e. The first kappa shape index (κ1) is 8.54. The van der Waals surface area contributed by atoms with E-state index in [-0.39, 0.29) is 11.2 Å². The van der Waals surface area contributed by atoms with E-state index in [0.29, 0.717) is 12.8 Å². The SMILES string of the molecule is CS(=O)(=O)[C@H]1CC[C@@H](C#N)C1. The van der Waals surface area contributed by atoms with E-state index < -0.39 is 9.84 Å². The zero-order valence-electron chi connectivity index (χ0n) is 6.45. The van der Waals surface area contributed by atoms with E-state index in [0.717, 1.165) is 6.42 Å². The molecule has 3 nitrogen and oxygen atoms in total. The zero-order valence-corrected chi connectivity index (χ0v) is 7.26. The molecule has 0 amide bonds. The van der Waals surface area contributed by atoms with Crippen LogP contribution >= 0.6 is 0 Å². The van der Waals surface area contributed by atoms with Gasteiger partial charge < -0.3 is 0 Å². The van der Waals surface area contributed by atoms with Crippen LogP contribution in [0.3, 0.4) is 0 Å². The van der Waals surface area contributed by atoms with Crippen molar-refractivity contribution in [2.24, 2.45) is 5.92 Å². The summed E-state index contributed by atoms with van der Waals surface area (Å²) in [5.41, 5.74) is 0. The minimum atomic E-state index is -2.90. The second-order valence-electron chi connectivity index (χ2n) is 3.09. The second-order valence-corrected chi connectivity index (χ2v) is 5.42. The molecule has 0 N–H and O–H groups in total. The smallest absolute Gasteiger partial charge is 0.150 e. The maximum atomic E-state index is 11.0. The van der Waals surface area contributed by atoms with Crippen LogP contribution in [-0.4, -0.2) is 19.9 Å². The van der Waals surface area contributed by atoms with Gasteiger partial charge in [-0.2, -0.15) is 5.26 Å². The number of sulfone groups is 1. The van der Waals surface area contributed by atoms with Crippen molar-refractivity contribution in [3.63, 3.8) is 0 Å². The van der Waals surface area contributed by atoms with E-state index in [1.165, 1.54) is 6.26 Å². The van der Waals surface area contributed by atoms with Gasteiger partial charge in [0.2, 0.25) is 0 Å². The highest BCUT2D eigenvalue weighted by atomic mass is 32.2. The van der Waals surface area contributed by atoms with Crippen molar-refractivity contribution in [3.8, 4) is 6.07 Å². The first-order valence-corrected chi connectivity index (χ1v) is 5.58. The Morgan fingerprint density at radius 1 is 1.45 bits per heavy atom. The number of hydrogen-bond donors (Lipinski definition) is 0. The van der Waals surface area contributed by atoms with Gasteiger partial charge in [0.1, 0.15) is 9.84 Å². The van der Waals surface area contributed by atoms with Crippen LogP contribution in [0.15, 0.2) is 0 Å². The van der Waals surface area contributed by atoms with Gasteiger partial charge in [-0.25, -0.2) is 8.42 Å². The van der Waals surface area contributed by atoms with Crippen molar-refractivity contribution in [1.29, 1.82) is 5.26 Å². The van der Waals surface area contributed by atoms with Gasteiger partial charge >= 0.3 is 0 Å². The van der Waals surface area contributed by atoms with Crippen LogP contribution < -0.4 is 0 Å². The summed E-state index contributed by atoms with van der Waals surface area (Å²) in [7, 11) is -2.90. The molecule has 0 aromatic rings. The highest BCUT2D eigenvalue weighted by Gasteiger charge is 2.31. The van der Waals surface area contributed by atoms with Gasteiger partial charge in [0.25, 0.3) is 0 Å². The van der Waals surface area contributed by atoms with Crippen molar-refractivity contribution in [3.05, 3.63) is 0 Å². The standard InChI is InChI=1S/C7H11NO2S/c1-11(9,10)7-3-2-6(4-7)5-8/h6-7H,2-4H2,1H3/t6-,7+/m1/s1. The normalized spacial score (nSPS) is 31.6. The molecular weight excluding hydrogens is 162 g/mol. The van der Waals surface area contributed by atoms with Gasteiger partial charge in [-0.3, -0.25) is 0 Å². The molecule has 0 saturated heterocycles. The third-order valence-electron chi connectivity index (χ3n) is 2.17. The number of rotatable bonds is 1. The summed E-state index contributed by atoms with van der Waals surface area (Å²) in [4.78, 5) is 0. The van der Waals surface area contributed by atoms with E-state index in [4.69, 9.17) is 5.26 Å². The Balaban J connectivity index is 2.64. The number of nitrogens with zero attached hydrogens (tertiary/aromatic N) is 1. The highest BCUT2D eigenvalue weighted by Crippen LogP contribution is 2.29. The molecule has 62 valence electrons. The summed E-state index contributed by atoms with van der Waals surface area (Å²) in [6.07, 6.45) is 3.19. The summed E-state index contributed by atoms with van der Waals surface area (Å²) >= 11 is 0. The summed E-state index contributed by atoms with van der Waals surface area (Å²) < 4.78 is 22.0. The summed E-state index contributed by atoms with van der Waals surface area (Å²) in [5, 5.41) is 8.25. The average molecular weight is 173 g/mol. The van der Waals surface area contributed by atoms with Gasteiger partial charge in [-0.05, 0) is 19.3 Å². The van der Waals surface area contributed by atoms with Crippen LogP contribution in [0.1, 0.15) is 19.3 Å². The molecule has 0 spiro atoms. The summed E-state index contributed by atoms with van der Waals surface area (Å²) in [6, 6.07) is 2.10. The lowest BCUT2D eigenvalue weighted by atomic mass is 10.1. The summed E-state index contributed by atoms with van der Waals surface area (Å²) in [6.45, 7) is 0. The molecule has 2 atom stereocenters. The molecule has 1 rings (SSSR count). The molecule has 0 bridgehead atoms. The molecule has 0 aromatic carbocycles. The lowest BCUT2D eigenvalue weighted by Crippen LogP contribution is -2.15. The molecule has 1 saturated carbocycles. The molecule has 0 unspecified atom stereocenters. The molecule has 1 aliphatic carbocycles. The molecule has 11 heavy (non-hydrogen) atoms. The fraction of sp³-hybridized carbons (Fsp3) is 0.857. The Hall–Kier alpha value is -0.560. The van der Waals surface area contributed by atoms with Crippen molar-refractivity contribution in [2.45, 2.75) is 24.5 Å². The average Bonchev–Trinajstić information content (AvgIpc) is 2.32. The van der Waals surface area contributed by atoms with Crippen molar-refractivity contribution < 1.29 is 8.42 Å². The molecule has 0 radical (unpaired) electrons. The van der Waals surface area contributed by atoms with Crippen LogP contribution in [0.2, 0.25) is 0 Å². The molecule has 1 aliphatic rings. The summed E-state index contributed by atoms with van der Waals surface area (Å²) in [5.74, 6) is -0.0327. The third-order valence-corrected chi connectivity index (χ3v) is 3.81. The van der Waals surface area contributed by atoms with Gasteiger partial charge in [0.15, 0.2) is 0 Å². The lowest BCUT2D eigenvalue weighted by Gasteiger charge is -2.03. The minimum absolute atomic E-state index is 0.0327. The fourth-order valence-electron chi connectivity index (χ4n) is 1.45. The molecule has 0 aliphatic heterocycles. The van der Waals surface area contributed by atoms with Crippen LogP contribution in [-0.2, 0) is 9.84 Å². The molecule has 0 heterocycles. The van der Waals surface area contributed by atoms with Crippen molar-refractivity contribution in [2.75, 3.05) is 6.26 Å². The third kappa shape index (κ3) is 1.93. The molecular formula is C7H11NO2S. The van der Waals surface area contributed by atoms with E-state index in [2.05, 4.69) is 6.07 Å². The molecule has 4 heteroatoms. The lowest BCUT2D eigenvalue weighted by molar-refractivity contribution is 0.584. The van der Waals surface area contributed by atoms with Crippen molar-refractivity contribution >= 4 is 9.84 Å². The van der Waals surface area contributed by atoms with Crippen LogP contribution in [0, 0.1) is 17.2 Å². The Morgan fingerprint density at radius 2 is 2.09 bits per heavy atom. The van der Waals surface area contributed by atoms with E-state index in [1.54, 1.807) is 0 Å². The Kier molecular flexibility index (Phi) is 2.19. The Bertz CT molecular complexity index is 275. The Labute approximate surface area is 66.9 Å². The van der Waals surface area contributed by atoms with E-state index in [1.807, 2.05) is 0 Å². The van der Waals surface area contributed by atoms with E-state index in [9.17, 15) is 8.42 Å². The second kappa shape index (κ2) is 2.82. The van der Waals surface area contributed by atoms with Crippen molar-refractivity contribution in [1.82, 2.24) is 0 Å². The fourth-order valence-corrected chi connectivity index (χ4v) is 2.59. The first-order chi connectivity index (χ1) is 5.04. The zero-order chi connectivity index (χ0) is 8.48. The quantitative estimate of drug-likeness (QED) is 0.587. The first-order valence-electron chi connectivity index (χ1n) is 3.62. The monoisotopic (exact) mass is 173 g/mol. The topological polar surface area (TPSA) is 57.9 Å². The maximum absolute atomic E-state index is 11.0. The molecule has 0 aromatic heterocycles. The predicted molar refractivity (Wildman–Crippen MR) is 41.6 cm³/mol. The predicted octanol–water partition coefficient (Wildman–Crippen LogP) is 0.723. The number of nitriles is 1. The Morgan fingerprint density at radius 3 is 2.36 bits per heavy atom. The van der Waals surface area contributed by atoms with Crippen LogP contribution in [0.5, 0.6) is 0 Å². The van der Waals surface area contributed by atoms with Gasteiger partial charge in [-0.15, -0.1) is 0 Å².